The fourth-order valence-electron chi connectivity index (χ4n) is 1.69. The summed E-state index contributed by atoms with van der Waals surface area (Å²) >= 11 is 0. The Kier molecular flexibility index (Phi) is 6.84. The van der Waals surface area contributed by atoms with E-state index in [1.165, 1.54) is 7.11 Å². The maximum absolute atomic E-state index is 12.4. The van der Waals surface area contributed by atoms with Crippen molar-refractivity contribution in [3.63, 3.8) is 0 Å². The zero-order valence-corrected chi connectivity index (χ0v) is 11.5. The Hall–Kier alpha value is -1.66. The predicted octanol–water partition coefficient (Wildman–Crippen LogP) is 0.528. The molecule has 19 heavy (non-hydrogen) atoms. The lowest BCUT2D eigenvalue weighted by Crippen LogP contribution is -2.35. The van der Waals surface area contributed by atoms with Gasteiger partial charge in [0.15, 0.2) is 0 Å². The molecule has 0 radical (unpaired) electrons. The van der Waals surface area contributed by atoms with Gasteiger partial charge in [0, 0.05) is 26.4 Å². The third-order valence-electron chi connectivity index (χ3n) is 2.68. The number of nitrogens with zero attached hydrogens (tertiary/aromatic N) is 2. The fourth-order valence-corrected chi connectivity index (χ4v) is 1.69. The molecule has 0 aromatic carbocycles. The Morgan fingerprint density at radius 1 is 1.42 bits per heavy atom. The van der Waals surface area contributed by atoms with Crippen molar-refractivity contribution in [1.29, 1.82) is 0 Å². The first-order valence-corrected chi connectivity index (χ1v) is 6.21. The van der Waals surface area contributed by atoms with Crippen molar-refractivity contribution in [1.82, 2.24) is 9.88 Å². The Balaban J connectivity index is 2.84. The fraction of sp³-hybridized carbons (Fsp3) is 0.538. The molecule has 0 spiro atoms. The summed E-state index contributed by atoms with van der Waals surface area (Å²) in [5.41, 5.74) is 5.95. The highest BCUT2D eigenvalue weighted by Gasteiger charge is 2.19. The second kappa shape index (κ2) is 8.44. The summed E-state index contributed by atoms with van der Waals surface area (Å²) in [6.07, 6.45) is 2.34. The first kappa shape index (κ1) is 15.4. The van der Waals surface area contributed by atoms with E-state index in [1.54, 1.807) is 30.3 Å². The molecule has 0 saturated carbocycles. The van der Waals surface area contributed by atoms with E-state index in [2.05, 4.69) is 4.98 Å². The van der Waals surface area contributed by atoms with Gasteiger partial charge in [0.2, 0.25) is 5.88 Å². The number of ether oxygens (including phenoxy) is 2. The SMILES string of the molecule is COCCN(CCCN)C(=O)c1cccnc1OC. The van der Waals surface area contributed by atoms with Gasteiger partial charge < -0.3 is 20.1 Å². The molecule has 1 aromatic rings. The number of carbonyl (C=O) groups excluding carboxylic acids is 1. The summed E-state index contributed by atoms with van der Waals surface area (Å²) in [4.78, 5) is 18.2. The van der Waals surface area contributed by atoms with Gasteiger partial charge in [-0.05, 0) is 25.1 Å². The summed E-state index contributed by atoms with van der Waals surface area (Å²) < 4.78 is 10.1. The van der Waals surface area contributed by atoms with Crippen molar-refractivity contribution in [2.24, 2.45) is 5.73 Å². The molecule has 1 rings (SSSR count). The van der Waals surface area contributed by atoms with Gasteiger partial charge in [0.1, 0.15) is 5.56 Å². The zero-order chi connectivity index (χ0) is 14.1. The lowest BCUT2D eigenvalue weighted by atomic mass is 10.2. The second-order valence-electron chi connectivity index (χ2n) is 3.99. The van der Waals surface area contributed by atoms with Gasteiger partial charge in [-0.3, -0.25) is 4.79 Å². The van der Waals surface area contributed by atoms with Gasteiger partial charge in [-0.1, -0.05) is 0 Å². The van der Waals surface area contributed by atoms with Crippen LogP contribution in [0.1, 0.15) is 16.8 Å². The first-order chi connectivity index (χ1) is 9.24. The Morgan fingerprint density at radius 2 is 2.21 bits per heavy atom. The molecule has 6 heteroatoms. The number of pyridine rings is 1. The number of nitrogens with two attached hydrogens (primary N) is 1. The van der Waals surface area contributed by atoms with Crippen molar-refractivity contribution in [3.05, 3.63) is 23.9 Å². The lowest BCUT2D eigenvalue weighted by Gasteiger charge is -2.22. The highest BCUT2D eigenvalue weighted by atomic mass is 16.5. The molecule has 0 unspecified atom stereocenters. The van der Waals surface area contributed by atoms with E-state index in [1.807, 2.05) is 0 Å². The maximum Gasteiger partial charge on any atom is 0.259 e. The topological polar surface area (TPSA) is 77.7 Å². The Morgan fingerprint density at radius 3 is 2.84 bits per heavy atom. The van der Waals surface area contributed by atoms with Crippen molar-refractivity contribution < 1.29 is 14.3 Å². The van der Waals surface area contributed by atoms with Crippen LogP contribution in [0.5, 0.6) is 5.88 Å². The van der Waals surface area contributed by atoms with Crippen molar-refractivity contribution in [3.8, 4) is 5.88 Å². The molecule has 1 amide bonds. The number of hydrogen-bond donors (Lipinski definition) is 1. The summed E-state index contributed by atoms with van der Waals surface area (Å²) in [5.74, 6) is 0.220. The van der Waals surface area contributed by atoms with Crippen LogP contribution in [0, 0.1) is 0 Å². The molecular formula is C13H21N3O3. The molecule has 106 valence electrons. The summed E-state index contributed by atoms with van der Waals surface area (Å²) in [6, 6.07) is 3.42. The van der Waals surface area contributed by atoms with Gasteiger partial charge in [0.05, 0.1) is 13.7 Å². The summed E-state index contributed by atoms with van der Waals surface area (Å²) in [7, 11) is 3.11. The van der Waals surface area contributed by atoms with E-state index in [9.17, 15) is 4.79 Å². The largest absolute Gasteiger partial charge is 0.480 e. The highest BCUT2D eigenvalue weighted by molar-refractivity contribution is 5.96. The molecule has 0 aliphatic heterocycles. The van der Waals surface area contributed by atoms with Crippen LogP contribution in [0.3, 0.4) is 0 Å². The predicted molar refractivity (Wildman–Crippen MR) is 72.2 cm³/mol. The molecule has 0 bridgehead atoms. The van der Waals surface area contributed by atoms with Crippen LogP contribution in [0.15, 0.2) is 18.3 Å². The average Bonchev–Trinajstić information content (AvgIpc) is 2.46. The van der Waals surface area contributed by atoms with E-state index in [0.717, 1.165) is 6.42 Å². The number of hydrogen-bond acceptors (Lipinski definition) is 5. The van der Waals surface area contributed by atoms with E-state index in [0.29, 0.717) is 37.7 Å². The molecule has 1 aromatic heterocycles. The van der Waals surface area contributed by atoms with Crippen LogP contribution >= 0.6 is 0 Å². The molecule has 0 saturated heterocycles. The minimum absolute atomic E-state index is 0.115. The number of methoxy groups -OCH3 is 2. The van der Waals surface area contributed by atoms with Crippen LogP contribution < -0.4 is 10.5 Å². The van der Waals surface area contributed by atoms with Crippen LogP contribution in [0.25, 0.3) is 0 Å². The number of aromatic nitrogens is 1. The van der Waals surface area contributed by atoms with Gasteiger partial charge >= 0.3 is 0 Å². The molecule has 1 heterocycles. The third kappa shape index (κ3) is 4.50. The molecule has 2 N–H and O–H groups in total. The average molecular weight is 267 g/mol. The third-order valence-corrected chi connectivity index (χ3v) is 2.68. The lowest BCUT2D eigenvalue weighted by molar-refractivity contribution is 0.0690. The number of carbonyl (C=O) groups is 1. The van der Waals surface area contributed by atoms with Crippen LogP contribution in [0.2, 0.25) is 0 Å². The zero-order valence-electron chi connectivity index (χ0n) is 11.5. The smallest absolute Gasteiger partial charge is 0.259 e. The maximum atomic E-state index is 12.4. The number of rotatable bonds is 8. The van der Waals surface area contributed by atoms with Gasteiger partial charge in [0.25, 0.3) is 5.91 Å². The molecule has 0 atom stereocenters. The highest BCUT2D eigenvalue weighted by Crippen LogP contribution is 2.16. The molecular weight excluding hydrogens is 246 g/mol. The van der Waals surface area contributed by atoms with Crippen molar-refractivity contribution >= 4 is 5.91 Å². The van der Waals surface area contributed by atoms with Gasteiger partial charge in [-0.15, -0.1) is 0 Å². The number of amides is 1. The standard InChI is InChI=1S/C13H21N3O3/c1-18-10-9-16(8-4-6-14)13(17)11-5-3-7-15-12(11)19-2/h3,5,7H,4,6,8-10,14H2,1-2H3. The minimum Gasteiger partial charge on any atom is -0.480 e. The molecule has 0 aliphatic carbocycles. The van der Waals surface area contributed by atoms with Gasteiger partial charge in [-0.25, -0.2) is 4.98 Å². The quantitative estimate of drug-likeness (QED) is 0.743. The van der Waals surface area contributed by atoms with E-state index in [4.69, 9.17) is 15.2 Å². The van der Waals surface area contributed by atoms with E-state index in [-0.39, 0.29) is 5.91 Å². The molecule has 0 aliphatic rings. The summed E-state index contributed by atoms with van der Waals surface area (Å²) in [5, 5.41) is 0. The first-order valence-electron chi connectivity index (χ1n) is 6.21. The Labute approximate surface area is 113 Å². The monoisotopic (exact) mass is 267 g/mol. The summed E-state index contributed by atoms with van der Waals surface area (Å²) in [6.45, 7) is 2.14. The van der Waals surface area contributed by atoms with Crippen LogP contribution in [0.4, 0.5) is 0 Å². The van der Waals surface area contributed by atoms with E-state index < -0.39 is 0 Å². The van der Waals surface area contributed by atoms with Crippen LogP contribution in [-0.4, -0.2) is 56.3 Å². The van der Waals surface area contributed by atoms with E-state index >= 15 is 0 Å². The van der Waals surface area contributed by atoms with Crippen molar-refractivity contribution in [2.45, 2.75) is 6.42 Å². The second-order valence-corrected chi connectivity index (χ2v) is 3.99. The molecule has 0 fully saturated rings. The molecule has 6 nitrogen and oxygen atoms in total. The normalized spacial score (nSPS) is 10.3. The minimum atomic E-state index is -0.115. The van der Waals surface area contributed by atoms with Crippen molar-refractivity contribution in [2.75, 3.05) is 40.5 Å². The Bertz CT molecular complexity index is 390. The van der Waals surface area contributed by atoms with Gasteiger partial charge in [-0.2, -0.15) is 0 Å². The van der Waals surface area contributed by atoms with Crippen LogP contribution in [-0.2, 0) is 4.74 Å².